The number of rotatable bonds is 7. The first-order valence-corrected chi connectivity index (χ1v) is 8.00. The lowest BCUT2D eigenvalue weighted by molar-refractivity contribution is -0.124. The van der Waals surface area contributed by atoms with Crippen LogP contribution in [0.3, 0.4) is 0 Å². The maximum absolute atomic E-state index is 11.6. The Bertz CT molecular complexity index is 427. The summed E-state index contributed by atoms with van der Waals surface area (Å²) in [5, 5.41) is 0. The highest BCUT2D eigenvalue weighted by Crippen LogP contribution is 2.14. The molecule has 21 heavy (non-hydrogen) atoms. The normalized spacial score (nSPS) is 18.5. The fourth-order valence-corrected chi connectivity index (χ4v) is 2.98. The number of amides is 1. The van der Waals surface area contributed by atoms with E-state index in [1.165, 1.54) is 5.56 Å². The highest BCUT2D eigenvalue weighted by molar-refractivity contribution is 5.79. The molecule has 4 heteroatoms. The molecular formula is C17H27N3O. The second-order valence-electron chi connectivity index (χ2n) is 5.86. The third kappa shape index (κ3) is 4.83. The predicted octanol–water partition coefficient (Wildman–Crippen LogP) is 1.85. The third-order valence-corrected chi connectivity index (χ3v) is 4.26. The summed E-state index contributed by atoms with van der Waals surface area (Å²) in [5.41, 5.74) is 6.92. The second-order valence-corrected chi connectivity index (χ2v) is 5.86. The van der Waals surface area contributed by atoms with E-state index in [4.69, 9.17) is 5.73 Å². The fourth-order valence-electron chi connectivity index (χ4n) is 2.98. The Morgan fingerprint density at radius 2 is 1.86 bits per heavy atom. The molecule has 1 unspecified atom stereocenters. The summed E-state index contributed by atoms with van der Waals surface area (Å²) in [5.74, 6) is -0.167. The molecule has 1 amide bonds. The Balaban J connectivity index is 1.82. The lowest BCUT2D eigenvalue weighted by Gasteiger charge is -2.38. The predicted molar refractivity (Wildman–Crippen MR) is 85.8 cm³/mol. The minimum Gasteiger partial charge on any atom is -0.368 e. The van der Waals surface area contributed by atoms with Crippen LogP contribution < -0.4 is 5.73 Å². The molecule has 2 N–H and O–H groups in total. The summed E-state index contributed by atoms with van der Waals surface area (Å²) in [6, 6.07) is 10.5. The van der Waals surface area contributed by atoms with Gasteiger partial charge in [-0.3, -0.25) is 14.6 Å². The molecule has 116 valence electrons. The van der Waals surface area contributed by atoms with Crippen LogP contribution >= 0.6 is 0 Å². The van der Waals surface area contributed by atoms with Crippen molar-refractivity contribution in [2.75, 3.05) is 26.2 Å². The van der Waals surface area contributed by atoms with Crippen molar-refractivity contribution in [2.45, 2.75) is 38.8 Å². The fraction of sp³-hybridized carbons (Fsp3) is 0.588. The molecule has 1 aromatic carbocycles. The van der Waals surface area contributed by atoms with Crippen LogP contribution in [0.25, 0.3) is 0 Å². The number of carbonyl (C=O) groups is 1. The van der Waals surface area contributed by atoms with Crippen LogP contribution in [0.15, 0.2) is 30.3 Å². The van der Waals surface area contributed by atoms with Gasteiger partial charge in [0.25, 0.3) is 0 Å². The van der Waals surface area contributed by atoms with E-state index < -0.39 is 0 Å². The zero-order chi connectivity index (χ0) is 15.1. The van der Waals surface area contributed by atoms with Gasteiger partial charge in [-0.25, -0.2) is 0 Å². The van der Waals surface area contributed by atoms with E-state index in [1.54, 1.807) is 0 Å². The molecule has 1 aliphatic heterocycles. The monoisotopic (exact) mass is 289 g/mol. The molecule has 4 nitrogen and oxygen atoms in total. The Hall–Kier alpha value is -1.39. The number of hydrogen-bond acceptors (Lipinski definition) is 3. The smallest absolute Gasteiger partial charge is 0.234 e. The number of unbranched alkanes of at least 4 members (excludes halogenated alkanes) is 1. The summed E-state index contributed by atoms with van der Waals surface area (Å²) in [6.45, 7) is 7.02. The summed E-state index contributed by atoms with van der Waals surface area (Å²) in [6.07, 6.45) is 3.07. The minimum atomic E-state index is -0.167. The highest BCUT2D eigenvalue weighted by Gasteiger charge is 2.26. The Kier molecular flexibility index (Phi) is 6.21. The first-order chi connectivity index (χ1) is 10.2. The van der Waals surface area contributed by atoms with Gasteiger partial charge in [0.1, 0.15) is 0 Å². The van der Waals surface area contributed by atoms with E-state index in [2.05, 4.69) is 41.0 Å². The van der Waals surface area contributed by atoms with Crippen LogP contribution in [0.5, 0.6) is 0 Å². The molecule has 1 atom stereocenters. The van der Waals surface area contributed by atoms with Crippen molar-refractivity contribution in [3.05, 3.63) is 35.9 Å². The zero-order valence-electron chi connectivity index (χ0n) is 13.0. The van der Waals surface area contributed by atoms with Gasteiger partial charge in [0, 0.05) is 32.7 Å². The largest absolute Gasteiger partial charge is 0.368 e. The molecule has 0 radical (unpaired) electrons. The highest BCUT2D eigenvalue weighted by atomic mass is 16.1. The molecule has 1 aliphatic rings. The molecule has 0 bridgehead atoms. The van der Waals surface area contributed by atoms with Gasteiger partial charge in [0.2, 0.25) is 5.91 Å². The number of nitrogens with two attached hydrogens (primary N) is 1. The third-order valence-electron chi connectivity index (χ3n) is 4.26. The van der Waals surface area contributed by atoms with Gasteiger partial charge < -0.3 is 5.73 Å². The number of hydrogen-bond donors (Lipinski definition) is 1. The van der Waals surface area contributed by atoms with E-state index in [0.29, 0.717) is 0 Å². The first-order valence-electron chi connectivity index (χ1n) is 8.00. The van der Waals surface area contributed by atoms with Crippen LogP contribution in [0.2, 0.25) is 0 Å². The topological polar surface area (TPSA) is 49.6 Å². The van der Waals surface area contributed by atoms with Crippen LogP contribution in [0.4, 0.5) is 0 Å². The van der Waals surface area contributed by atoms with Crippen LogP contribution in [-0.2, 0) is 11.3 Å². The van der Waals surface area contributed by atoms with Crippen molar-refractivity contribution in [3.63, 3.8) is 0 Å². The average molecular weight is 289 g/mol. The van der Waals surface area contributed by atoms with Crippen LogP contribution in [0.1, 0.15) is 31.7 Å². The van der Waals surface area contributed by atoms with Gasteiger partial charge in [-0.2, -0.15) is 0 Å². The average Bonchev–Trinajstić information content (AvgIpc) is 2.50. The molecular weight excluding hydrogens is 262 g/mol. The summed E-state index contributed by atoms with van der Waals surface area (Å²) >= 11 is 0. The van der Waals surface area contributed by atoms with Gasteiger partial charge in [0.15, 0.2) is 0 Å². The van der Waals surface area contributed by atoms with E-state index >= 15 is 0 Å². The SMILES string of the molecule is CCCCC(C(N)=O)N1CCN(Cc2ccccc2)CC1. The Morgan fingerprint density at radius 1 is 1.19 bits per heavy atom. The van der Waals surface area contributed by atoms with E-state index in [9.17, 15) is 4.79 Å². The minimum absolute atomic E-state index is 0.0798. The number of piperazine rings is 1. The summed E-state index contributed by atoms with van der Waals surface area (Å²) < 4.78 is 0. The van der Waals surface area contributed by atoms with Crippen molar-refractivity contribution in [3.8, 4) is 0 Å². The van der Waals surface area contributed by atoms with E-state index in [1.807, 2.05) is 6.07 Å². The molecule has 2 rings (SSSR count). The second kappa shape index (κ2) is 8.15. The molecule has 0 spiro atoms. The molecule has 0 aliphatic carbocycles. The van der Waals surface area contributed by atoms with Crippen LogP contribution in [0, 0.1) is 0 Å². The standard InChI is InChI=1S/C17H27N3O/c1-2-3-9-16(17(18)21)20-12-10-19(11-13-20)14-15-7-5-4-6-8-15/h4-8,16H,2-3,9-14H2,1H3,(H2,18,21). The van der Waals surface area contributed by atoms with Crippen LogP contribution in [-0.4, -0.2) is 47.9 Å². The Labute approximate surface area is 127 Å². The lowest BCUT2D eigenvalue weighted by atomic mass is 10.1. The number of primary amides is 1. The van der Waals surface area contributed by atoms with E-state index in [-0.39, 0.29) is 11.9 Å². The molecule has 0 aromatic heterocycles. The quantitative estimate of drug-likeness (QED) is 0.833. The number of benzene rings is 1. The maximum atomic E-state index is 11.6. The van der Waals surface area contributed by atoms with Gasteiger partial charge >= 0.3 is 0 Å². The lowest BCUT2D eigenvalue weighted by Crippen LogP contribution is -2.53. The molecule has 1 heterocycles. The maximum Gasteiger partial charge on any atom is 0.234 e. The van der Waals surface area contributed by atoms with Crippen molar-refractivity contribution in [1.82, 2.24) is 9.80 Å². The van der Waals surface area contributed by atoms with Gasteiger partial charge in [0.05, 0.1) is 6.04 Å². The first kappa shape index (κ1) is 16.0. The zero-order valence-corrected chi connectivity index (χ0v) is 13.0. The van der Waals surface area contributed by atoms with Crippen molar-refractivity contribution in [2.24, 2.45) is 5.73 Å². The summed E-state index contributed by atoms with van der Waals surface area (Å²) in [4.78, 5) is 16.4. The van der Waals surface area contributed by atoms with Crippen molar-refractivity contribution >= 4 is 5.91 Å². The molecule has 0 saturated carbocycles. The van der Waals surface area contributed by atoms with Gasteiger partial charge in [-0.15, -0.1) is 0 Å². The van der Waals surface area contributed by atoms with E-state index in [0.717, 1.165) is 52.0 Å². The van der Waals surface area contributed by atoms with Crippen molar-refractivity contribution < 1.29 is 4.79 Å². The molecule has 1 fully saturated rings. The van der Waals surface area contributed by atoms with Gasteiger partial charge in [-0.05, 0) is 12.0 Å². The van der Waals surface area contributed by atoms with Gasteiger partial charge in [-0.1, -0.05) is 50.1 Å². The number of nitrogens with zero attached hydrogens (tertiary/aromatic N) is 2. The molecule has 1 saturated heterocycles. The Morgan fingerprint density at radius 3 is 2.43 bits per heavy atom. The molecule has 1 aromatic rings. The summed E-state index contributed by atoms with van der Waals surface area (Å²) in [7, 11) is 0. The van der Waals surface area contributed by atoms with Crippen molar-refractivity contribution in [1.29, 1.82) is 0 Å². The number of carbonyl (C=O) groups excluding carboxylic acids is 1.